The summed E-state index contributed by atoms with van der Waals surface area (Å²) in [6.07, 6.45) is 3.52. The maximum atomic E-state index is 11.8. The summed E-state index contributed by atoms with van der Waals surface area (Å²) in [4.78, 5) is 17.5. The molecule has 4 nitrogen and oxygen atoms in total. The lowest BCUT2D eigenvalue weighted by atomic mass is 10.1. The minimum Gasteiger partial charge on any atom is -0.342 e. The average molecular weight is 235 g/mol. The lowest BCUT2D eigenvalue weighted by Crippen LogP contribution is -2.40. The highest BCUT2D eigenvalue weighted by Crippen LogP contribution is 2.09. The second-order valence-electron chi connectivity index (χ2n) is 4.48. The van der Waals surface area contributed by atoms with Crippen LogP contribution in [0.1, 0.15) is 32.4 Å². The van der Waals surface area contributed by atoms with Crippen molar-refractivity contribution in [2.75, 3.05) is 13.6 Å². The quantitative estimate of drug-likeness (QED) is 0.843. The van der Waals surface area contributed by atoms with Gasteiger partial charge in [-0.2, -0.15) is 0 Å². The molecule has 1 rings (SSSR count). The zero-order chi connectivity index (χ0) is 12.8. The Kier molecular flexibility index (Phi) is 5.10. The van der Waals surface area contributed by atoms with Gasteiger partial charge in [0.05, 0.1) is 6.54 Å². The SMILES string of the molecule is CC(NCC(=O)N(C)C(C)C)c1ccncc1. The van der Waals surface area contributed by atoms with Crippen LogP contribution in [0.5, 0.6) is 0 Å². The molecule has 1 aromatic heterocycles. The van der Waals surface area contributed by atoms with E-state index in [1.54, 1.807) is 17.3 Å². The molecule has 0 aliphatic rings. The normalized spacial score (nSPS) is 12.5. The lowest BCUT2D eigenvalue weighted by molar-refractivity contribution is -0.130. The van der Waals surface area contributed by atoms with E-state index in [1.165, 1.54) is 0 Å². The summed E-state index contributed by atoms with van der Waals surface area (Å²) >= 11 is 0. The number of carbonyl (C=O) groups excluding carboxylic acids is 1. The minimum absolute atomic E-state index is 0.112. The number of amides is 1. The third-order valence-corrected chi connectivity index (χ3v) is 2.93. The number of hydrogen-bond acceptors (Lipinski definition) is 3. The van der Waals surface area contributed by atoms with Gasteiger partial charge in [-0.05, 0) is 38.5 Å². The maximum Gasteiger partial charge on any atom is 0.236 e. The summed E-state index contributed by atoms with van der Waals surface area (Å²) in [5.41, 5.74) is 1.14. The number of rotatable bonds is 5. The summed E-state index contributed by atoms with van der Waals surface area (Å²) in [6.45, 7) is 6.41. The van der Waals surface area contributed by atoms with Crippen molar-refractivity contribution >= 4 is 5.91 Å². The van der Waals surface area contributed by atoms with Crippen LogP contribution in [-0.2, 0) is 4.79 Å². The van der Waals surface area contributed by atoms with E-state index in [-0.39, 0.29) is 18.0 Å². The fourth-order valence-electron chi connectivity index (χ4n) is 1.42. The van der Waals surface area contributed by atoms with E-state index in [0.717, 1.165) is 5.56 Å². The summed E-state index contributed by atoms with van der Waals surface area (Å²) < 4.78 is 0. The standard InChI is InChI=1S/C13H21N3O/c1-10(2)16(4)13(17)9-15-11(3)12-5-7-14-8-6-12/h5-8,10-11,15H,9H2,1-4H3. The van der Waals surface area contributed by atoms with Gasteiger partial charge in [0.2, 0.25) is 5.91 Å². The van der Waals surface area contributed by atoms with Gasteiger partial charge in [-0.1, -0.05) is 0 Å². The molecule has 0 fully saturated rings. The minimum atomic E-state index is 0.112. The molecule has 1 N–H and O–H groups in total. The molecule has 17 heavy (non-hydrogen) atoms. The predicted octanol–water partition coefficient (Wildman–Crippen LogP) is 1.60. The molecule has 0 spiro atoms. The third-order valence-electron chi connectivity index (χ3n) is 2.93. The first-order valence-corrected chi connectivity index (χ1v) is 5.91. The number of carbonyl (C=O) groups is 1. The Morgan fingerprint density at radius 3 is 2.47 bits per heavy atom. The van der Waals surface area contributed by atoms with Crippen LogP contribution >= 0.6 is 0 Å². The van der Waals surface area contributed by atoms with Crippen LogP contribution in [-0.4, -0.2) is 35.4 Å². The van der Waals surface area contributed by atoms with Gasteiger partial charge in [0, 0.05) is 31.5 Å². The lowest BCUT2D eigenvalue weighted by Gasteiger charge is -2.23. The topological polar surface area (TPSA) is 45.2 Å². The molecule has 94 valence electrons. The maximum absolute atomic E-state index is 11.8. The van der Waals surface area contributed by atoms with Crippen molar-refractivity contribution in [3.63, 3.8) is 0 Å². The van der Waals surface area contributed by atoms with Gasteiger partial charge in [-0.25, -0.2) is 0 Å². The zero-order valence-corrected chi connectivity index (χ0v) is 11.0. The molecular weight excluding hydrogens is 214 g/mol. The molecule has 0 aliphatic carbocycles. The number of nitrogens with one attached hydrogen (secondary N) is 1. The number of aromatic nitrogens is 1. The molecule has 0 bridgehead atoms. The molecule has 1 aromatic rings. The first-order valence-electron chi connectivity index (χ1n) is 5.91. The Hall–Kier alpha value is -1.42. The van der Waals surface area contributed by atoms with Gasteiger partial charge >= 0.3 is 0 Å². The Morgan fingerprint density at radius 2 is 1.94 bits per heavy atom. The van der Waals surface area contributed by atoms with Gasteiger partial charge < -0.3 is 10.2 Å². The Labute approximate surface area is 103 Å². The Balaban J connectivity index is 2.44. The molecule has 0 radical (unpaired) electrons. The molecular formula is C13H21N3O. The number of pyridine rings is 1. The zero-order valence-electron chi connectivity index (χ0n) is 11.0. The van der Waals surface area contributed by atoms with Crippen molar-refractivity contribution in [1.82, 2.24) is 15.2 Å². The third kappa shape index (κ3) is 4.15. The van der Waals surface area contributed by atoms with E-state index in [1.807, 2.05) is 40.0 Å². The van der Waals surface area contributed by atoms with Crippen LogP contribution < -0.4 is 5.32 Å². The highest BCUT2D eigenvalue weighted by molar-refractivity contribution is 5.78. The smallest absolute Gasteiger partial charge is 0.236 e. The highest BCUT2D eigenvalue weighted by Gasteiger charge is 2.13. The Bertz CT molecular complexity index is 351. The van der Waals surface area contributed by atoms with Crippen molar-refractivity contribution in [2.45, 2.75) is 32.9 Å². The monoisotopic (exact) mass is 235 g/mol. The Morgan fingerprint density at radius 1 is 1.35 bits per heavy atom. The van der Waals surface area contributed by atoms with Gasteiger partial charge in [0.1, 0.15) is 0 Å². The summed E-state index contributed by atoms with van der Waals surface area (Å²) in [6, 6.07) is 4.30. The van der Waals surface area contributed by atoms with Crippen LogP contribution in [0, 0.1) is 0 Å². The van der Waals surface area contributed by atoms with Gasteiger partial charge in [-0.3, -0.25) is 9.78 Å². The summed E-state index contributed by atoms with van der Waals surface area (Å²) in [5, 5.41) is 3.22. The van der Waals surface area contributed by atoms with E-state index in [9.17, 15) is 4.79 Å². The molecule has 0 aliphatic heterocycles. The molecule has 0 saturated carbocycles. The number of likely N-dealkylation sites (N-methyl/N-ethyl adjacent to an activating group) is 1. The number of nitrogens with zero attached hydrogens (tertiary/aromatic N) is 2. The van der Waals surface area contributed by atoms with E-state index in [2.05, 4.69) is 10.3 Å². The molecule has 0 aromatic carbocycles. The molecule has 4 heteroatoms. The number of hydrogen-bond donors (Lipinski definition) is 1. The van der Waals surface area contributed by atoms with E-state index >= 15 is 0 Å². The van der Waals surface area contributed by atoms with Crippen LogP contribution in [0.2, 0.25) is 0 Å². The first-order chi connectivity index (χ1) is 8.02. The van der Waals surface area contributed by atoms with Gasteiger partial charge in [0.15, 0.2) is 0 Å². The van der Waals surface area contributed by atoms with Crippen LogP contribution in [0.25, 0.3) is 0 Å². The average Bonchev–Trinajstić information content (AvgIpc) is 2.35. The van der Waals surface area contributed by atoms with Crippen molar-refractivity contribution in [1.29, 1.82) is 0 Å². The van der Waals surface area contributed by atoms with Crippen LogP contribution in [0.3, 0.4) is 0 Å². The van der Waals surface area contributed by atoms with E-state index in [0.29, 0.717) is 6.54 Å². The second kappa shape index (κ2) is 6.35. The van der Waals surface area contributed by atoms with Crippen molar-refractivity contribution in [3.05, 3.63) is 30.1 Å². The molecule has 1 atom stereocenters. The molecule has 1 heterocycles. The van der Waals surface area contributed by atoms with Crippen molar-refractivity contribution < 1.29 is 4.79 Å². The van der Waals surface area contributed by atoms with Crippen molar-refractivity contribution in [3.8, 4) is 0 Å². The first kappa shape index (κ1) is 13.6. The summed E-state index contributed by atoms with van der Waals surface area (Å²) in [7, 11) is 1.83. The van der Waals surface area contributed by atoms with Gasteiger partial charge in [-0.15, -0.1) is 0 Å². The van der Waals surface area contributed by atoms with E-state index in [4.69, 9.17) is 0 Å². The second-order valence-corrected chi connectivity index (χ2v) is 4.48. The molecule has 1 unspecified atom stereocenters. The fourth-order valence-corrected chi connectivity index (χ4v) is 1.42. The largest absolute Gasteiger partial charge is 0.342 e. The van der Waals surface area contributed by atoms with E-state index < -0.39 is 0 Å². The fraction of sp³-hybridized carbons (Fsp3) is 0.538. The predicted molar refractivity (Wildman–Crippen MR) is 68.6 cm³/mol. The van der Waals surface area contributed by atoms with Crippen LogP contribution in [0.15, 0.2) is 24.5 Å². The van der Waals surface area contributed by atoms with Crippen LogP contribution in [0.4, 0.5) is 0 Å². The molecule has 0 saturated heterocycles. The summed E-state index contributed by atoms with van der Waals surface area (Å²) in [5.74, 6) is 0.112. The van der Waals surface area contributed by atoms with Gasteiger partial charge in [0.25, 0.3) is 0 Å². The van der Waals surface area contributed by atoms with Crippen molar-refractivity contribution in [2.24, 2.45) is 0 Å². The molecule has 1 amide bonds. The highest BCUT2D eigenvalue weighted by atomic mass is 16.2.